The van der Waals surface area contributed by atoms with Crippen LogP contribution in [-0.4, -0.2) is 37.7 Å². The zero-order chi connectivity index (χ0) is 21.1. The molecule has 0 saturated heterocycles. The van der Waals surface area contributed by atoms with E-state index in [9.17, 15) is 19.5 Å². The molecule has 2 amide bonds. The number of amides is 2. The molecule has 29 heavy (non-hydrogen) atoms. The minimum atomic E-state index is -1.26. The summed E-state index contributed by atoms with van der Waals surface area (Å²) in [5, 5.41) is 17.0. The van der Waals surface area contributed by atoms with E-state index in [1.54, 1.807) is 7.11 Å². The Hall–Kier alpha value is -3.68. The second-order valence-corrected chi connectivity index (χ2v) is 6.18. The van der Waals surface area contributed by atoms with E-state index in [0.717, 1.165) is 17.7 Å². The van der Waals surface area contributed by atoms with Crippen LogP contribution in [0.2, 0.25) is 0 Å². The Bertz CT molecular complexity index is 861. The number of hydrogen-bond donors (Lipinski definition) is 2. The van der Waals surface area contributed by atoms with Crippen molar-refractivity contribution < 1.29 is 24.2 Å². The molecule has 8 heteroatoms. The van der Waals surface area contributed by atoms with Crippen molar-refractivity contribution in [2.45, 2.75) is 19.3 Å². The Kier molecular flexibility index (Phi) is 8.37. The van der Waals surface area contributed by atoms with Crippen LogP contribution < -0.4 is 20.6 Å². The topological polar surface area (TPSA) is 120 Å². The SMILES string of the molecule is COc1ccc(CCCC(=O)NCC(=O)N/N=C\c2ccc(C(=O)[O-])cc2)cc1. The first kappa shape index (κ1) is 21.6. The number of methoxy groups -OCH3 is 1. The smallest absolute Gasteiger partial charge is 0.259 e. The van der Waals surface area contributed by atoms with Crippen LogP contribution in [0.3, 0.4) is 0 Å². The van der Waals surface area contributed by atoms with Crippen molar-refractivity contribution in [3.05, 3.63) is 65.2 Å². The monoisotopic (exact) mass is 396 g/mol. The first-order valence-corrected chi connectivity index (χ1v) is 9.01. The number of carbonyl (C=O) groups is 3. The second-order valence-electron chi connectivity index (χ2n) is 6.18. The molecule has 2 N–H and O–H groups in total. The normalized spacial score (nSPS) is 10.5. The fraction of sp³-hybridized carbons (Fsp3) is 0.238. The molecule has 0 aliphatic carbocycles. The molecule has 0 heterocycles. The van der Waals surface area contributed by atoms with Crippen LogP contribution >= 0.6 is 0 Å². The summed E-state index contributed by atoms with van der Waals surface area (Å²) in [5.41, 5.74) is 4.07. The fourth-order valence-electron chi connectivity index (χ4n) is 2.44. The molecule has 0 atom stereocenters. The first-order valence-electron chi connectivity index (χ1n) is 9.01. The lowest BCUT2D eigenvalue weighted by Gasteiger charge is -2.05. The summed E-state index contributed by atoms with van der Waals surface area (Å²) in [6, 6.07) is 13.5. The largest absolute Gasteiger partial charge is 0.545 e. The number of benzene rings is 2. The van der Waals surface area contributed by atoms with Crippen LogP contribution in [0, 0.1) is 0 Å². The van der Waals surface area contributed by atoms with Gasteiger partial charge >= 0.3 is 0 Å². The van der Waals surface area contributed by atoms with Gasteiger partial charge in [0, 0.05) is 6.42 Å². The maximum atomic E-state index is 11.8. The highest BCUT2D eigenvalue weighted by molar-refractivity contribution is 5.88. The minimum Gasteiger partial charge on any atom is -0.545 e. The third kappa shape index (κ3) is 7.84. The van der Waals surface area contributed by atoms with Gasteiger partial charge in [0.15, 0.2) is 0 Å². The molecule has 0 unspecified atom stereocenters. The number of rotatable bonds is 10. The molecule has 152 valence electrons. The van der Waals surface area contributed by atoms with Crippen molar-refractivity contribution in [3.63, 3.8) is 0 Å². The average Bonchev–Trinajstić information content (AvgIpc) is 2.73. The Morgan fingerprint density at radius 1 is 1.03 bits per heavy atom. The Labute approximate surface area is 168 Å². The van der Waals surface area contributed by atoms with Gasteiger partial charge in [-0.1, -0.05) is 36.4 Å². The predicted octanol–water partition coefficient (Wildman–Crippen LogP) is 0.648. The van der Waals surface area contributed by atoms with E-state index in [0.29, 0.717) is 18.4 Å². The van der Waals surface area contributed by atoms with Crippen LogP contribution in [0.1, 0.15) is 34.3 Å². The maximum Gasteiger partial charge on any atom is 0.259 e. The van der Waals surface area contributed by atoms with E-state index in [-0.39, 0.29) is 18.0 Å². The van der Waals surface area contributed by atoms with Crippen molar-refractivity contribution in [1.82, 2.24) is 10.7 Å². The van der Waals surface area contributed by atoms with Gasteiger partial charge in [-0.25, -0.2) is 5.43 Å². The highest BCUT2D eigenvalue weighted by Gasteiger charge is 2.05. The van der Waals surface area contributed by atoms with E-state index in [1.807, 2.05) is 24.3 Å². The van der Waals surface area contributed by atoms with Crippen LogP contribution in [0.15, 0.2) is 53.6 Å². The van der Waals surface area contributed by atoms with Gasteiger partial charge in [0.25, 0.3) is 5.91 Å². The molecular weight excluding hydrogens is 374 g/mol. The molecule has 0 aliphatic rings. The van der Waals surface area contributed by atoms with Crippen LogP contribution in [-0.2, 0) is 16.0 Å². The summed E-state index contributed by atoms with van der Waals surface area (Å²) in [6.07, 6.45) is 3.10. The second kappa shape index (κ2) is 11.2. The molecule has 2 aromatic rings. The third-order valence-corrected chi connectivity index (χ3v) is 4.02. The summed E-state index contributed by atoms with van der Waals surface area (Å²) in [4.78, 5) is 34.2. The number of hydrogen-bond acceptors (Lipinski definition) is 6. The number of hydrazone groups is 1. The molecule has 0 bridgehead atoms. The minimum absolute atomic E-state index is 0.0564. The number of ether oxygens (including phenoxy) is 1. The van der Waals surface area contributed by atoms with Crippen LogP contribution in [0.5, 0.6) is 5.75 Å². The van der Waals surface area contributed by atoms with Crippen LogP contribution in [0.4, 0.5) is 0 Å². The number of carbonyl (C=O) groups excluding carboxylic acids is 3. The number of nitrogens with zero attached hydrogens (tertiary/aromatic N) is 1. The molecule has 0 radical (unpaired) electrons. The third-order valence-electron chi connectivity index (χ3n) is 4.02. The standard InChI is InChI=1S/C21H23N3O5/c1-29-18-11-7-15(8-12-18)3-2-4-19(25)22-14-20(26)24-23-13-16-5-9-17(10-6-16)21(27)28/h5-13H,2-4,14H2,1H3,(H,22,25)(H,24,26)(H,27,28)/p-1/b23-13-. The van der Waals surface area contributed by atoms with Gasteiger partial charge in [-0.3, -0.25) is 9.59 Å². The van der Waals surface area contributed by atoms with E-state index in [1.165, 1.54) is 30.5 Å². The maximum absolute atomic E-state index is 11.8. The number of carboxylic acids is 1. The molecule has 2 aromatic carbocycles. The molecule has 0 aromatic heterocycles. The zero-order valence-corrected chi connectivity index (χ0v) is 16.0. The average molecular weight is 396 g/mol. The number of nitrogens with one attached hydrogen (secondary N) is 2. The molecular formula is C21H22N3O5-. The molecule has 2 rings (SSSR count). The lowest BCUT2D eigenvalue weighted by molar-refractivity contribution is -0.255. The Morgan fingerprint density at radius 3 is 2.34 bits per heavy atom. The summed E-state index contributed by atoms with van der Waals surface area (Å²) in [7, 11) is 1.61. The van der Waals surface area contributed by atoms with Gasteiger partial charge in [0.2, 0.25) is 5.91 Å². The van der Waals surface area contributed by atoms with Crippen molar-refractivity contribution in [2.75, 3.05) is 13.7 Å². The van der Waals surface area contributed by atoms with Crippen LogP contribution in [0.25, 0.3) is 0 Å². The van der Waals surface area contributed by atoms with E-state index in [2.05, 4.69) is 15.8 Å². The van der Waals surface area contributed by atoms with Gasteiger partial charge in [-0.05, 0) is 41.7 Å². The molecule has 8 nitrogen and oxygen atoms in total. The van der Waals surface area contributed by atoms with Gasteiger partial charge in [-0.2, -0.15) is 5.10 Å². The van der Waals surface area contributed by atoms with E-state index < -0.39 is 11.9 Å². The molecule has 0 fully saturated rings. The fourth-order valence-corrected chi connectivity index (χ4v) is 2.44. The highest BCUT2D eigenvalue weighted by atomic mass is 16.5. The van der Waals surface area contributed by atoms with E-state index >= 15 is 0 Å². The number of aryl methyl sites for hydroxylation is 1. The first-order chi connectivity index (χ1) is 14.0. The quantitative estimate of drug-likeness (QED) is 0.451. The van der Waals surface area contributed by atoms with E-state index in [4.69, 9.17) is 4.74 Å². The number of aromatic carboxylic acids is 1. The lowest BCUT2D eigenvalue weighted by Crippen LogP contribution is -2.34. The predicted molar refractivity (Wildman–Crippen MR) is 105 cm³/mol. The number of carboxylic acid groups (broad SMARTS) is 1. The summed E-state index contributed by atoms with van der Waals surface area (Å²) >= 11 is 0. The Balaban J connectivity index is 1.63. The zero-order valence-electron chi connectivity index (χ0n) is 16.0. The Morgan fingerprint density at radius 2 is 1.72 bits per heavy atom. The summed E-state index contributed by atoms with van der Waals surface area (Å²) in [5.74, 6) is -1.15. The molecule has 0 saturated carbocycles. The van der Waals surface area contributed by atoms with Crippen molar-refractivity contribution >= 4 is 24.0 Å². The van der Waals surface area contributed by atoms with Gasteiger partial charge < -0.3 is 20.0 Å². The van der Waals surface area contributed by atoms with Gasteiger partial charge in [0.05, 0.1) is 25.8 Å². The van der Waals surface area contributed by atoms with Crippen molar-refractivity contribution in [1.29, 1.82) is 0 Å². The van der Waals surface area contributed by atoms with Crippen molar-refractivity contribution in [2.24, 2.45) is 5.10 Å². The van der Waals surface area contributed by atoms with Gasteiger partial charge in [0.1, 0.15) is 5.75 Å². The van der Waals surface area contributed by atoms with Gasteiger partial charge in [-0.15, -0.1) is 0 Å². The molecule has 0 spiro atoms. The highest BCUT2D eigenvalue weighted by Crippen LogP contribution is 2.13. The summed E-state index contributed by atoms with van der Waals surface area (Å²) in [6.45, 7) is -0.178. The molecule has 0 aliphatic heterocycles. The van der Waals surface area contributed by atoms with Crippen molar-refractivity contribution in [3.8, 4) is 5.75 Å². The lowest BCUT2D eigenvalue weighted by atomic mass is 10.1. The summed E-state index contributed by atoms with van der Waals surface area (Å²) < 4.78 is 5.10.